The van der Waals surface area contributed by atoms with Crippen molar-refractivity contribution < 1.29 is 13.9 Å². The molecule has 0 aliphatic heterocycles. The van der Waals surface area contributed by atoms with Gasteiger partial charge in [-0.15, -0.1) is 6.42 Å². The Bertz CT molecular complexity index is 870. The number of terminal acetylenes is 1. The summed E-state index contributed by atoms with van der Waals surface area (Å²) in [6.45, 7) is 2.68. The minimum atomic E-state index is 0.207. The summed E-state index contributed by atoms with van der Waals surface area (Å²) in [7, 11) is 0. The van der Waals surface area contributed by atoms with Crippen LogP contribution in [0.1, 0.15) is 18.4 Å². The number of fused-ring (bicyclic) bond motifs is 1. The van der Waals surface area contributed by atoms with Crippen LogP contribution in [0.25, 0.3) is 23.3 Å². The molecule has 0 spiro atoms. The highest BCUT2D eigenvalue weighted by Gasteiger charge is 2.06. The molecule has 2 aromatic carbocycles. The third kappa shape index (κ3) is 3.58. The lowest BCUT2D eigenvalue weighted by Crippen LogP contribution is -1.99. The van der Waals surface area contributed by atoms with Crippen LogP contribution in [0.5, 0.6) is 11.5 Å². The summed E-state index contributed by atoms with van der Waals surface area (Å²) in [5.74, 6) is 4.30. The van der Waals surface area contributed by atoms with Crippen LogP contribution in [-0.4, -0.2) is 18.2 Å². The number of hydrogen-bond acceptors (Lipinski definition) is 4. The molecule has 0 aliphatic carbocycles. The molecule has 0 radical (unpaired) electrons. The van der Waals surface area contributed by atoms with Crippen molar-refractivity contribution in [3.8, 4) is 23.8 Å². The van der Waals surface area contributed by atoms with Crippen molar-refractivity contribution >= 4 is 23.3 Å². The van der Waals surface area contributed by atoms with Crippen molar-refractivity contribution in [3.05, 3.63) is 53.9 Å². The fourth-order valence-electron chi connectivity index (χ4n) is 2.26. The maximum atomic E-state index is 5.67. The largest absolute Gasteiger partial charge is 0.490 e. The van der Waals surface area contributed by atoms with E-state index in [1.165, 1.54) is 0 Å². The number of oxazole rings is 1. The van der Waals surface area contributed by atoms with E-state index in [2.05, 4.69) is 10.9 Å². The van der Waals surface area contributed by atoms with Gasteiger partial charge in [0.2, 0.25) is 5.89 Å². The van der Waals surface area contributed by atoms with Gasteiger partial charge in [0.25, 0.3) is 0 Å². The molecular weight excluding hydrogens is 302 g/mol. The van der Waals surface area contributed by atoms with Gasteiger partial charge in [-0.25, -0.2) is 4.98 Å². The third-order valence-electron chi connectivity index (χ3n) is 3.31. The van der Waals surface area contributed by atoms with Gasteiger partial charge in [0.15, 0.2) is 17.1 Å². The topological polar surface area (TPSA) is 44.5 Å². The van der Waals surface area contributed by atoms with Gasteiger partial charge in [-0.3, -0.25) is 0 Å². The molecule has 0 N–H and O–H groups in total. The molecule has 0 saturated carbocycles. The molecule has 0 fully saturated rings. The Balaban J connectivity index is 1.83. The molecule has 0 unspecified atom stereocenters. The molecule has 24 heavy (non-hydrogen) atoms. The van der Waals surface area contributed by atoms with Crippen molar-refractivity contribution in [2.75, 3.05) is 13.2 Å². The second-order valence-corrected chi connectivity index (χ2v) is 4.99. The molecule has 3 aromatic rings. The second kappa shape index (κ2) is 7.38. The number of ether oxygens (including phenoxy) is 2. The van der Waals surface area contributed by atoms with Gasteiger partial charge in [-0.2, -0.15) is 0 Å². The lowest BCUT2D eigenvalue weighted by Gasteiger charge is -2.10. The van der Waals surface area contributed by atoms with Crippen molar-refractivity contribution in [1.82, 2.24) is 4.98 Å². The lowest BCUT2D eigenvalue weighted by molar-refractivity contribution is 0.299. The van der Waals surface area contributed by atoms with Gasteiger partial charge in [0.05, 0.1) is 6.61 Å². The van der Waals surface area contributed by atoms with Crippen molar-refractivity contribution in [2.24, 2.45) is 0 Å². The van der Waals surface area contributed by atoms with E-state index in [1.807, 2.05) is 61.5 Å². The second-order valence-electron chi connectivity index (χ2n) is 4.99. The van der Waals surface area contributed by atoms with E-state index in [0.717, 1.165) is 16.7 Å². The smallest absolute Gasteiger partial charge is 0.220 e. The van der Waals surface area contributed by atoms with Gasteiger partial charge in [-0.05, 0) is 42.8 Å². The van der Waals surface area contributed by atoms with Crippen LogP contribution in [-0.2, 0) is 0 Å². The van der Waals surface area contributed by atoms with Gasteiger partial charge >= 0.3 is 0 Å². The van der Waals surface area contributed by atoms with E-state index in [-0.39, 0.29) is 6.61 Å². The first-order valence-electron chi connectivity index (χ1n) is 7.67. The molecule has 3 rings (SSSR count). The number of benzene rings is 2. The predicted octanol–water partition coefficient (Wildman–Crippen LogP) is 4.41. The normalized spacial score (nSPS) is 10.8. The van der Waals surface area contributed by atoms with Crippen LogP contribution in [0.15, 0.2) is 46.9 Å². The monoisotopic (exact) mass is 319 g/mol. The molecule has 4 heteroatoms. The fraction of sp³-hybridized carbons (Fsp3) is 0.150. The van der Waals surface area contributed by atoms with Crippen molar-refractivity contribution in [1.29, 1.82) is 0 Å². The zero-order chi connectivity index (χ0) is 16.8. The summed E-state index contributed by atoms with van der Waals surface area (Å²) in [4.78, 5) is 4.41. The van der Waals surface area contributed by atoms with Gasteiger partial charge < -0.3 is 13.9 Å². The standard InChI is InChI=1S/C20H17NO3/c1-3-13-23-18-11-9-15(14-19(18)22-4-2)10-12-20-21-16-7-5-6-8-17(16)24-20/h1,5-12,14H,4,13H2,2H3/b12-10+. The van der Waals surface area contributed by atoms with E-state index < -0.39 is 0 Å². The SMILES string of the molecule is C#CCOc1ccc(/C=C/c2nc3ccccc3o2)cc1OCC. The molecule has 0 amide bonds. The summed E-state index contributed by atoms with van der Waals surface area (Å²) in [6, 6.07) is 13.3. The number of nitrogens with zero attached hydrogens (tertiary/aromatic N) is 1. The summed E-state index contributed by atoms with van der Waals surface area (Å²) >= 11 is 0. The average Bonchev–Trinajstić information content (AvgIpc) is 3.02. The Labute approximate surface area is 140 Å². The van der Waals surface area contributed by atoms with Crippen LogP contribution in [0.3, 0.4) is 0 Å². The average molecular weight is 319 g/mol. The predicted molar refractivity (Wildman–Crippen MR) is 94.9 cm³/mol. The van der Waals surface area contributed by atoms with E-state index in [4.69, 9.17) is 20.3 Å². The van der Waals surface area contributed by atoms with E-state index in [0.29, 0.717) is 24.0 Å². The highest BCUT2D eigenvalue weighted by molar-refractivity contribution is 5.76. The highest BCUT2D eigenvalue weighted by atomic mass is 16.5. The van der Waals surface area contributed by atoms with Crippen molar-refractivity contribution in [3.63, 3.8) is 0 Å². The molecule has 1 aromatic heterocycles. The summed E-state index contributed by atoms with van der Waals surface area (Å²) in [6.07, 6.45) is 8.97. The maximum absolute atomic E-state index is 5.67. The van der Waals surface area contributed by atoms with E-state index in [1.54, 1.807) is 0 Å². The van der Waals surface area contributed by atoms with Gasteiger partial charge in [-0.1, -0.05) is 24.1 Å². The van der Waals surface area contributed by atoms with Crippen molar-refractivity contribution in [2.45, 2.75) is 6.92 Å². The van der Waals surface area contributed by atoms with Crippen LogP contribution < -0.4 is 9.47 Å². The summed E-state index contributed by atoms with van der Waals surface area (Å²) in [5.41, 5.74) is 2.56. The van der Waals surface area contributed by atoms with Crippen LogP contribution >= 0.6 is 0 Å². The zero-order valence-corrected chi connectivity index (χ0v) is 13.4. The molecule has 1 heterocycles. The Morgan fingerprint density at radius 2 is 2.00 bits per heavy atom. The summed E-state index contributed by atoms with van der Waals surface area (Å²) in [5, 5.41) is 0. The highest BCUT2D eigenvalue weighted by Crippen LogP contribution is 2.29. The quantitative estimate of drug-likeness (QED) is 0.631. The number of rotatable bonds is 6. The Morgan fingerprint density at radius 1 is 1.12 bits per heavy atom. The van der Waals surface area contributed by atoms with Gasteiger partial charge in [0.1, 0.15) is 12.1 Å². The summed E-state index contributed by atoms with van der Waals surface area (Å²) < 4.78 is 16.8. The minimum Gasteiger partial charge on any atom is -0.490 e. The Morgan fingerprint density at radius 3 is 2.79 bits per heavy atom. The first-order valence-corrected chi connectivity index (χ1v) is 7.67. The Hall–Kier alpha value is -3.19. The molecule has 120 valence electrons. The van der Waals surface area contributed by atoms with Crippen LogP contribution in [0.2, 0.25) is 0 Å². The number of hydrogen-bond donors (Lipinski definition) is 0. The molecule has 0 atom stereocenters. The maximum Gasteiger partial charge on any atom is 0.220 e. The van der Waals surface area contributed by atoms with Crippen LogP contribution in [0, 0.1) is 12.3 Å². The molecule has 0 bridgehead atoms. The zero-order valence-electron chi connectivity index (χ0n) is 13.4. The van der Waals surface area contributed by atoms with E-state index >= 15 is 0 Å². The first-order chi connectivity index (χ1) is 11.8. The minimum absolute atomic E-state index is 0.207. The lowest BCUT2D eigenvalue weighted by atomic mass is 10.2. The number of aromatic nitrogens is 1. The molecule has 4 nitrogen and oxygen atoms in total. The third-order valence-corrected chi connectivity index (χ3v) is 3.31. The first kappa shape index (κ1) is 15.7. The van der Waals surface area contributed by atoms with E-state index in [9.17, 15) is 0 Å². The molecule has 0 aliphatic rings. The Kier molecular flexibility index (Phi) is 4.83. The molecule has 0 saturated heterocycles. The van der Waals surface area contributed by atoms with Crippen LogP contribution in [0.4, 0.5) is 0 Å². The van der Waals surface area contributed by atoms with Gasteiger partial charge in [0, 0.05) is 6.08 Å². The number of para-hydroxylation sites is 2. The molecular formula is C20H17NO3. The fourth-order valence-corrected chi connectivity index (χ4v) is 2.26.